The van der Waals surface area contributed by atoms with Crippen LogP contribution in [-0.4, -0.2) is 39.1 Å². The monoisotopic (exact) mass is 408 g/mol. The molecule has 3 aromatic rings. The molecule has 148 valence electrons. The van der Waals surface area contributed by atoms with Gasteiger partial charge in [-0.15, -0.1) is 0 Å². The number of ether oxygens (including phenoxy) is 1. The van der Waals surface area contributed by atoms with Crippen LogP contribution < -0.4 is 9.64 Å². The third kappa shape index (κ3) is 4.83. The van der Waals surface area contributed by atoms with Gasteiger partial charge in [-0.1, -0.05) is 30.3 Å². The Hall–Kier alpha value is -3.13. The van der Waals surface area contributed by atoms with E-state index in [4.69, 9.17) is 4.74 Å². The van der Waals surface area contributed by atoms with Gasteiger partial charge in [-0.3, -0.25) is 0 Å². The summed E-state index contributed by atoms with van der Waals surface area (Å²) in [4.78, 5) is 28.1. The van der Waals surface area contributed by atoms with E-state index in [9.17, 15) is 9.90 Å². The van der Waals surface area contributed by atoms with Crippen LogP contribution in [-0.2, 0) is 0 Å². The molecule has 0 bridgehead atoms. The maximum Gasteiger partial charge on any atom is 0.339 e. The third-order valence-electron chi connectivity index (χ3n) is 4.49. The first kappa shape index (κ1) is 19.2. The number of aromatic carboxylic acids is 1. The van der Waals surface area contributed by atoms with Crippen molar-refractivity contribution in [1.82, 2.24) is 15.0 Å². The number of benzene rings is 2. The second-order valence-corrected chi connectivity index (χ2v) is 7.61. The lowest BCUT2D eigenvalue weighted by atomic mass is 10.1. The van der Waals surface area contributed by atoms with E-state index in [2.05, 4.69) is 19.9 Å². The van der Waals surface area contributed by atoms with Gasteiger partial charge in [0.15, 0.2) is 0 Å². The Balaban J connectivity index is 1.68. The number of anilines is 1. The van der Waals surface area contributed by atoms with Gasteiger partial charge in [-0.2, -0.15) is 15.0 Å². The molecule has 0 saturated carbocycles. The lowest BCUT2D eigenvalue weighted by Crippen LogP contribution is -2.31. The number of carboxylic acids is 1. The van der Waals surface area contributed by atoms with Gasteiger partial charge in [0.1, 0.15) is 11.3 Å². The molecule has 0 unspecified atom stereocenters. The van der Waals surface area contributed by atoms with Gasteiger partial charge in [0.05, 0.1) is 0 Å². The summed E-state index contributed by atoms with van der Waals surface area (Å²) in [7, 11) is 0. The summed E-state index contributed by atoms with van der Waals surface area (Å²) in [6, 6.07) is 16.4. The van der Waals surface area contributed by atoms with Gasteiger partial charge in [-0.05, 0) is 55.3 Å². The molecule has 0 amide bonds. The summed E-state index contributed by atoms with van der Waals surface area (Å²) < 4.78 is 5.80. The number of hydrogen-bond donors (Lipinski definition) is 1. The van der Waals surface area contributed by atoms with Crippen LogP contribution in [0.2, 0.25) is 0 Å². The first-order chi connectivity index (χ1) is 14.2. The Morgan fingerprint density at radius 2 is 1.66 bits per heavy atom. The van der Waals surface area contributed by atoms with Crippen molar-refractivity contribution in [3.8, 4) is 11.8 Å². The minimum absolute atomic E-state index is 0.0599. The molecule has 0 spiro atoms. The Labute approximate surface area is 172 Å². The average Bonchev–Trinajstić information content (AvgIpc) is 2.75. The van der Waals surface area contributed by atoms with E-state index in [0.717, 1.165) is 30.8 Å². The fourth-order valence-corrected chi connectivity index (χ4v) is 3.83. The summed E-state index contributed by atoms with van der Waals surface area (Å²) >= 11 is 1.42. The number of carboxylic acid groups (broad SMARTS) is 1. The highest BCUT2D eigenvalue weighted by Crippen LogP contribution is 2.30. The molecule has 1 aliphatic rings. The van der Waals surface area contributed by atoms with Crippen LogP contribution in [0, 0.1) is 0 Å². The van der Waals surface area contributed by atoms with Crippen LogP contribution >= 0.6 is 11.8 Å². The van der Waals surface area contributed by atoms with E-state index in [1.54, 1.807) is 18.2 Å². The smallest absolute Gasteiger partial charge is 0.339 e. The maximum absolute atomic E-state index is 11.5. The standard InChI is InChI=1S/C21H20N4O3S/c26-18(27)16-11-5-6-12-17(16)28-20-22-19(25-13-7-2-8-14-25)23-21(24-20)29-15-9-3-1-4-10-15/h1,3-6,9-12H,2,7-8,13-14H2,(H,26,27). The zero-order valence-corrected chi connectivity index (χ0v) is 16.5. The molecule has 1 aromatic heterocycles. The van der Waals surface area contributed by atoms with Gasteiger partial charge >= 0.3 is 12.0 Å². The first-order valence-corrected chi connectivity index (χ1v) is 10.2. The van der Waals surface area contributed by atoms with Crippen LogP contribution in [0.4, 0.5) is 5.95 Å². The second-order valence-electron chi connectivity index (χ2n) is 6.57. The first-order valence-electron chi connectivity index (χ1n) is 9.43. The van der Waals surface area contributed by atoms with Crippen LogP contribution in [0.15, 0.2) is 64.6 Å². The van der Waals surface area contributed by atoms with Gasteiger partial charge in [-0.25, -0.2) is 4.79 Å². The molecule has 0 radical (unpaired) electrons. The lowest BCUT2D eigenvalue weighted by Gasteiger charge is -2.26. The molecule has 1 saturated heterocycles. The van der Waals surface area contributed by atoms with E-state index in [-0.39, 0.29) is 17.3 Å². The Kier molecular flexibility index (Phi) is 5.90. The van der Waals surface area contributed by atoms with Gasteiger partial charge < -0.3 is 14.7 Å². The van der Waals surface area contributed by atoms with E-state index in [1.807, 2.05) is 30.3 Å². The van der Waals surface area contributed by atoms with Gasteiger partial charge in [0, 0.05) is 18.0 Å². The molecule has 8 heteroatoms. The molecule has 1 aliphatic heterocycles. The molecule has 0 aliphatic carbocycles. The summed E-state index contributed by atoms with van der Waals surface area (Å²) in [5.41, 5.74) is 0.0599. The number of carbonyl (C=O) groups is 1. The van der Waals surface area contributed by atoms with Gasteiger partial charge in [0.2, 0.25) is 11.1 Å². The van der Waals surface area contributed by atoms with Crippen LogP contribution in [0.1, 0.15) is 29.6 Å². The zero-order chi connectivity index (χ0) is 20.1. The summed E-state index contributed by atoms with van der Waals surface area (Å²) in [5.74, 6) is -0.308. The highest BCUT2D eigenvalue weighted by Gasteiger charge is 2.19. The van der Waals surface area contributed by atoms with Crippen LogP contribution in [0.3, 0.4) is 0 Å². The van der Waals surface area contributed by atoms with Crippen molar-refractivity contribution in [3.63, 3.8) is 0 Å². The normalized spacial score (nSPS) is 13.9. The maximum atomic E-state index is 11.5. The fraction of sp³-hybridized carbons (Fsp3) is 0.238. The zero-order valence-electron chi connectivity index (χ0n) is 15.7. The highest BCUT2D eigenvalue weighted by atomic mass is 32.2. The van der Waals surface area contributed by atoms with Crippen molar-refractivity contribution >= 4 is 23.7 Å². The molecule has 29 heavy (non-hydrogen) atoms. The number of hydrogen-bond acceptors (Lipinski definition) is 7. The highest BCUT2D eigenvalue weighted by molar-refractivity contribution is 7.99. The minimum Gasteiger partial charge on any atom is -0.478 e. The predicted molar refractivity (Wildman–Crippen MR) is 110 cm³/mol. The van der Waals surface area contributed by atoms with Crippen molar-refractivity contribution in [3.05, 3.63) is 60.2 Å². The topological polar surface area (TPSA) is 88.4 Å². The lowest BCUT2D eigenvalue weighted by molar-refractivity contribution is 0.0694. The summed E-state index contributed by atoms with van der Waals surface area (Å²) in [5, 5.41) is 9.91. The third-order valence-corrected chi connectivity index (χ3v) is 5.37. The largest absolute Gasteiger partial charge is 0.478 e. The number of rotatable bonds is 6. The van der Waals surface area contributed by atoms with E-state index in [0.29, 0.717) is 11.1 Å². The van der Waals surface area contributed by atoms with Crippen molar-refractivity contribution in [2.75, 3.05) is 18.0 Å². The molecular formula is C21H20N4O3S. The molecule has 2 heterocycles. The summed E-state index contributed by atoms with van der Waals surface area (Å²) in [6.07, 6.45) is 3.37. The van der Waals surface area contributed by atoms with Crippen LogP contribution in [0.25, 0.3) is 0 Å². The molecular weight excluding hydrogens is 388 g/mol. The molecule has 2 aromatic carbocycles. The number of nitrogens with zero attached hydrogens (tertiary/aromatic N) is 4. The average molecular weight is 408 g/mol. The van der Waals surface area contributed by atoms with E-state index in [1.165, 1.54) is 24.2 Å². The number of piperidine rings is 1. The van der Waals surface area contributed by atoms with Gasteiger partial charge in [0.25, 0.3) is 0 Å². The molecule has 7 nitrogen and oxygen atoms in total. The van der Waals surface area contributed by atoms with Crippen LogP contribution in [0.5, 0.6) is 11.8 Å². The predicted octanol–water partition coefficient (Wildman–Crippen LogP) is 4.50. The van der Waals surface area contributed by atoms with Crippen molar-refractivity contribution in [1.29, 1.82) is 0 Å². The Morgan fingerprint density at radius 3 is 2.41 bits per heavy atom. The fourth-order valence-electron chi connectivity index (χ4n) is 3.08. The molecule has 0 atom stereocenters. The van der Waals surface area contributed by atoms with E-state index >= 15 is 0 Å². The second kappa shape index (κ2) is 8.91. The number of aromatic nitrogens is 3. The Bertz CT molecular complexity index is 994. The Morgan fingerprint density at radius 1 is 0.931 bits per heavy atom. The minimum atomic E-state index is -1.07. The van der Waals surface area contributed by atoms with Crippen molar-refractivity contribution in [2.45, 2.75) is 29.3 Å². The molecule has 1 fully saturated rings. The van der Waals surface area contributed by atoms with E-state index < -0.39 is 5.97 Å². The van der Waals surface area contributed by atoms with Crippen molar-refractivity contribution in [2.24, 2.45) is 0 Å². The summed E-state index contributed by atoms with van der Waals surface area (Å²) in [6.45, 7) is 1.76. The quantitative estimate of drug-likeness (QED) is 0.638. The SMILES string of the molecule is O=C(O)c1ccccc1Oc1nc(Sc2ccccc2)nc(N2CCCCC2)n1. The molecule has 1 N–H and O–H groups in total. The number of para-hydroxylation sites is 1. The molecule has 4 rings (SSSR count). The van der Waals surface area contributed by atoms with Crippen molar-refractivity contribution < 1.29 is 14.6 Å².